The number of nitrogens with one attached hydrogen (secondary N) is 2. The molecule has 0 spiro atoms. The van der Waals surface area contributed by atoms with Crippen molar-refractivity contribution in [1.29, 1.82) is 5.26 Å². The van der Waals surface area contributed by atoms with Crippen LogP contribution in [0.2, 0.25) is 5.02 Å². The van der Waals surface area contributed by atoms with Gasteiger partial charge in [-0.05, 0) is 67.4 Å². The van der Waals surface area contributed by atoms with Crippen LogP contribution in [0.3, 0.4) is 0 Å². The average Bonchev–Trinajstić information content (AvgIpc) is 3.02. The maximum atomic E-state index is 14.6. The zero-order valence-electron chi connectivity index (χ0n) is 23.8. The summed E-state index contributed by atoms with van der Waals surface area (Å²) < 4.78 is 33.9. The number of methoxy groups -OCH3 is 1. The molecule has 43 heavy (non-hydrogen) atoms. The fourth-order valence-corrected chi connectivity index (χ4v) is 5.24. The molecule has 0 bridgehead atoms. The van der Waals surface area contributed by atoms with Gasteiger partial charge in [0, 0.05) is 41.2 Å². The van der Waals surface area contributed by atoms with Crippen molar-refractivity contribution in [1.82, 2.24) is 15.5 Å². The molecule has 1 fully saturated rings. The Bertz CT molecular complexity index is 1530. The smallest absolute Gasteiger partial charge is 0.337 e. The monoisotopic (exact) mass is 608 g/mol. The summed E-state index contributed by atoms with van der Waals surface area (Å²) in [6.07, 6.45) is 0.282. The molecule has 1 aliphatic rings. The maximum absolute atomic E-state index is 14.6. The summed E-state index contributed by atoms with van der Waals surface area (Å²) >= 11 is 6.34. The molecule has 0 unspecified atom stereocenters. The normalized spacial score (nSPS) is 15.2. The third-order valence-corrected chi connectivity index (χ3v) is 8.00. The Hall–Kier alpha value is -4.33. The van der Waals surface area contributed by atoms with Crippen LogP contribution in [0.1, 0.15) is 46.0 Å². The van der Waals surface area contributed by atoms with E-state index >= 15 is 0 Å². The minimum absolute atomic E-state index is 0.169. The number of rotatable bonds is 9. The molecule has 11 heteroatoms. The first-order valence-electron chi connectivity index (χ1n) is 13.8. The first-order valence-corrected chi connectivity index (χ1v) is 14.1. The fraction of sp³-hybridized carbons (Fsp3) is 0.312. The van der Waals surface area contributed by atoms with Crippen LogP contribution in [0.5, 0.6) is 0 Å². The molecule has 2 amide bonds. The molecule has 1 saturated heterocycles. The quantitative estimate of drug-likeness (QED) is 0.334. The molecule has 0 radical (unpaired) electrons. The third kappa shape index (κ3) is 7.37. The highest BCUT2D eigenvalue weighted by molar-refractivity contribution is 6.33. The van der Waals surface area contributed by atoms with Crippen LogP contribution < -0.4 is 10.6 Å². The predicted molar refractivity (Wildman–Crippen MR) is 157 cm³/mol. The second kappa shape index (κ2) is 13.8. The van der Waals surface area contributed by atoms with Gasteiger partial charge in [-0.25, -0.2) is 13.6 Å². The minimum atomic E-state index is -1.38. The number of halogens is 3. The molecule has 4 rings (SSSR count). The Morgan fingerprint density at radius 3 is 2.26 bits per heavy atom. The zero-order valence-corrected chi connectivity index (χ0v) is 24.5. The topological polar surface area (TPSA) is 112 Å². The van der Waals surface area contributed by atoms with Crippen molar-refractivity contribution in [3.63, 3.8) is 0 Å². The number of benzene rings is 3. The molecule has 8 nitrogen and oxygen atoms in total. The van der Waals surface area contributed by atoms with E-state index in [0.717, 1.165) is 18.7 Å². The number of esters is 1. The Morgan fingerprint density at radius 2 is 1.67 bits per heavy atom. The highest BCUT2D eigenvalue weighted by Gasteiger charge is 2.38. The number of amides is 2. The Kier molecular flexibility index (Phi) is 10.1. The Morgan fingerprint density at radius 1 is 1.05 bits per heavy atom. The zero-order chi connectivity index (χ0) is 31.1. The van der Waals surface area contributed by atoms with Crippen molar-refractivity contribution in [3.05, 3.63) is 94.0 Å². The van der Waals surface area contributed by atoms with Crippen molar-refractivity contribution in [2.45, 2.75) is 37.8 Å². The number of nitrogens with zero attached hydrogens (tertiary/aromatic N) is 2. The van der Waals surface area contributed by atoms with Gasteiger partial charge in [0.1, 0.15) is 23.2 Å². The molecular weight excluding hydrogens is 578 g/mol. The van der Waals surface area contributed by atoms with Gasteiger partial charge in [0.05, 0.1) is 18.7 Å². The second-order valence-corrected chi connectivity index (χ2v) is 10.7. The standard InChI is InChI=1S/C32H31ClF2N4O4/c1-3-39-15-13-32(19-36,14-16-39)38-30(41)28(18-24-26(34)5-4-6-27(24)35)37-29(40)21-9-7-20(8-10-21)23-17-22(31(42)43-2)11-12-25(23)33/h4-12,17,28H,3,13-16,18H2,1-2H3,(H,37,40)(H,38,41)/t28-/m0/s1. The lowest BCUT2D eigenvalue weighted by molar-refractivity contribution is -0.124. The first-order chi connectivity index (χ1) is 20.6. The number of nitriles is 1. The number of piperidine rings is 1. The highest BCUT2D eigenvalue weighted by atomic mass is 35.5. The maximum Gasteiger partial charge on any atom is 0.337 e. The number of hydrogen-bond donors (Lipinski definition) is 2. The lowest BCUT2D eigenvalue weighted by atomic mass is 9.88. The SMILES string of the molecule is CCN1CCC(C#N)(NC(=O)[C@H](Cc2c(F)cccc2F)NC(=O)c2ccc(-c3cc(C(=O)OC)ccc3Cl)cc2)CC1. The summed E-state index contributed by atoms with van der Waals surface area (Å²) in [6, 6.07) is 15.1. The van der Waals surface area contributed by atoms with Gasteiger partial charge in [-0.3, -0.25) is 9.59 Å². The lowest BCUT2D eigenvalue weighted by Gasteiger charge is -2.38. The van der Waals surface area contributed by atoms with Gasteiger partial charge in [0.2, 0.25) is 5.91 Å². The lowest BCUT2D eigenvalue weighted by Crippen LogP contribution is -2.59. The molecule has 1 atom stereocenters. The molecule has 3 aromatic carbocycles. The molecular formula is C32H31ClF2N4O4. The molecule has 0 saturated carbocycles. The summed E-state index contributed by atoms with van der Waals surface area (Å²) in [5.41, 5.74) is 0.101. The van der Waals surface area contributed by atoms with Crippen LogP contribution in [-0.4, -0.2) is 61.0 Å². The van der Waals surface area contributed by atoms with Crippen molar-refractivity contribution >= 4 is 29.4 Å². The molecule has 1 aliphatic heterocycles. The minimum Gasteiger partial charge on any atom is -0.465 e. The van der Waals surface area contributed by atoms with Crippen LogP contribution in [0.15, 0.2) is 60.7 Å². The number of hydrogen-bond acceptors (Lipinski definition) is 6. The van der Waals surface area contributed by atoms with Crippen LogP contribution in [0.4, 0.5) is 8.78 Å². The van der Waals surface area contributed by atoms with Crippen molar-refractivity contribution in [2.24, 2.45) is 0 Å². The van der Waals surface area contributed by atoms with E-state index in [-0.39, 0.29) is 11.1 Å². The summed E-state index contributed by atoms with van der Waals surface area (Å²) in [5, 5.41) is 15.7. The van der Waals surface area contributed by atoms with Gasteiger partial charge in [0.15, 0.2) is 0 Å². The number of carbonyl (C=O) groups is 3. The van der Waals surface area contributed by atoms with Gasteiger partial charge in [-0.1, -0.05) is 36.7 Å². The van der Waals surface area contributed by atoms with Crippen molar-refractivity contribution in [2.75, 3.05) is 26.7 Å². The largest absolute Gasteiger partial charge is 0.465 e. The fourth-order valence-electron chi connectivity index (χ4n) is 5.01. The molecule has 0 aliphatic carbocycles. The molecule has 224 valence electrons. The predicted octanol–water partition coefficient (Wildman–Crippen LogP) is 4.91. The van der Waals surface area contributed by atoms with Crippen molar-refractivity contribution in [3.8, 4) is 17.2 Å². The van der Waals surface area contributed by atoms with Crippen LogP contribution in [-0.2, 0) is 16.0 Å². The van der Waals surface area contributed by atoms with Gasteiger partial charge in [-0.15, -0.1) is 0 Å². The van der Waals surface area contributed by atoms with E-state index in [2.05, 4.69) is 21.6 Å². The van der Waals surface area contributed by atoms with E-state index in [4.69, 9.17) is 16.3 Å². The van der Waals surface area contributed by atoms with E-state index < -0.39 is 47.4 Å². The summed E-state index contributed by atoms with van der Waals surface area (Å²) in [6.45, 7) is 4.01. The average molecular weight is 609 g/mol. The summed E-state index contributed by atoms with van der Waals surface area (Å²) in [4.78, 5) is 40.9. The Labute approximate surface area is 253 Å². The van der Waals surface area contributed by atoms with Gasteiger partial charge in [0.25, 0.3) is 5.91 Å². The Balaban J connectivity index is 1.57. The van der Waals surface area contributed by atoms with Gasteiger partial charge < -0.3 is 20.3 Å². The molecule has 1 heterocycles. The first kappa shape index (κ1) is 31.6. The molecule has 3 aromatic rings. The summed E-state index contributed by atoms with van der Waals surface area (Å²) in [5.74, 6) is -3.61. The van der Waals surface area contributed by atoms with E-state index in [0.29, 0.717) is 47.6 Å². The van der Waals surface area contributed by atoms with Crippen LogP contribution in [0.25, 0.3) is 11.1 Å². The van der Waals surface area contributed by atoms with Crippen molar-refractivity contribution < 1.29 is 27.9 Å². The summed E-state index contributed by atoms with van der Waals surface area (Å²) in [7, 11) is 1.27. The number of likely N-dealkylation sites (tertiary alicyclic amines) is 1. The van der Waals surface area contributed by atoms with E-state index in [1.165, 1.54) is 31.4 Å². The van der Waals surface area contributed by atoms with E-state index in [9.17, 15) is 28.4 Å². The van der Waals surface area contributed by atoms with E-state index in [1.54, 1.807) is 24.3 Å². The molecule has 2 N–H and O–H groups in total. The third-order valence-electron chi connectivity index (χ3n) is 7.67. The highest BCUT2D eigenvalue weighted by Crippen LogP contribution is 2.30. The van der Waals surface area contributed by atoms with Crippen LogP contribution in [0, 0.1) is 23.0 Å². The van der Waals surface area contributed by atoms with Gasteiger partial charge in [-0.2, -0.15) is 5.26 Å². The van der Waals surface area contributed by atoms with Crippen LogP contribution >= 0.6 is 11.6 Å². The van der Waals surface area contributed by atoms with Gasteiger partial charge >= 0.3 is 5.97 Å². The second-order valence-electron chi connectivity index (χ2n) is 10.3. The number of carbonyl (C=O) groups excluding carboxylic acids is 3. The molecule has 0 aromatic heterocycles. The number of ether oxygens (including phenoxy) is 1. The van der Waals surface area contributed by atoms with E-state index in [1.807, 2.05) is 6.92 Å².